The van der Waals surface area contributed by atoms with Gasteiger partial charge in [-0.25, -0.2) is 4.39 Å². The van der Waals surface area contributed by atoms with Gasteiger partial charge in [0.25, 0.3) is 0 Å². The van der Waals surface area contributed by atoms with E-state index in [4.69, 9.17) is 0 Å². The number of para-hydroxylation sites is 1. The van der Waals surface area contributed by atoms with E-state index >= 15 is 0 Å². The molecule has 0 aliphatic carbocycles. The van der Waals surface area contributed by atoms with E-state index in [1.807, 2.05) is 35.8 Å². The summed E-state index contributed by atoms with van der Waals surface area (Å²) in [6, 6.07) is 16.5. The van der Waals surface area contributed by atoms with E-state index in [-0.39, 0.29) is 24.6 Å². The molecule has 0 N–H and O–H groups in total. The summed E-state index contributed by atoms with van der Waals surface area (Å²) in [5.41, 5.74) is 2.53. The fraction of sp³-hybridized carbons (Fsp3) is 0.167. The van der Waals surface area contributed by atoms with Gasteiger partial charge >= 0.3 is 0 Å². The maximum Gasteiger partial charge on any atom is 0.156 e. The molecule has 0 bridgehead atoms. The van der Waals surface area contributed by atoms with Crippen LogP contribution in [0.2, 0.25) is 0 Å². The molecule has 2 nitrogen and oxygen atoms in total. The summed E-state index contributed by atoms with van der Waals surface area (Å²) >= 11 is 0. The molecule has 1 heterocycles. The Morgan fingerprint density at radius 3 is 2.62 bits per heavy atom. The standard InChI is InChI=1S/C18H16FNO/c1-13-10-15-7-3-5-9-18(15)20(13)12-16(21)11-14-6-2-4-8-17(14)19/h2-10H,11-12H2,1H3. The van der Waals surface area contributed by atoms with Gasteiger partial charge in [-0.1, -0.05) is 36.4 Å². The van der Waals surface area contributed by atoms with Crippen molar-refractivity contribution in [3.63, 3.8) is 0 Å². The molecule has 0 saturated carbocycles. The summed E-state index contributed by atoms with van der Waals surface area (Å²) in [4.78, 5) is 12.2. The number of aromatic nitrogens is 1. The Labute approximate surface area is 122 Å². The van der Waals surface area contributed by atoms with Gasteiger partial charge in [0.05, 0.1) is 6.54 Å². The molecule has 0 aliphatic rings. The van der Waals surface area contributed by atoms with Crippen molar-refractivity contribution >= 4 is 16.7 Å². The fourth-order valence-corrected chi connectivity index (χ4v) is 2.64. The number of halogens is 1. The predicted molar refractivity (Wildman–Crippen MR) is 81.8 cm³/mol. The molecular weight excluding hydrogens is 265 g/mol. The molecular formula is C18H16FNO. The van der Waals surface area contributed by atoms with Crippen LogP contribution >= 0.6 is 0 Å². The number of rotatable bonds is 4. The molecule has 0 fully saturated rings. The molecule has 21 heavy (non-hydrogen) atoms. The third-order valence-electron chi connectivity index (χ3n) is 3.70. The average molecular weight is 281 g/mol. The van der Waals surface area contributed by atoms with Gasteiger partial charge in [0.15, 0.2) is 5.78 Å². The minimum Gasteiger partial charge on any atom is -0.337 e. The number of carbonyl (C=O) groups is 1. The zero-order valence-corrected chi connectivity index (χ0v) is 11.8. The maximum atomic E-state index is 13.6. The Bertz CT molecular complexity index is 804. The molecule has 3 rings (SSSR count). The highest BCUT2D eigenvalue weighted by molar-refractivity contribution is 5.86. The van der Waals surface area contributed by atoms with E-state index in [1.54, 1.807) is 18.2 Å². The SMILES string of the molecule is Cc1cc2ccccc2n1CC(=O)Cc1ccccc1F. The molecule has 106 valence electrons. The largest absolute Gasteiger partial charge is 0.337 e. The first-order valence-corrected chi connectivity index (χ1v) is 6.95. The van der Waals surface area contributed by atoms with Crippen LogP contribution in [0.5, 0.6) is 0 Å². The first kappa shape index (κ1) is 13.6. The number of fused-ring (bicyclic) bond motifs is 1. The van der Waals surface area contributed by atoms with Crippen molar-refractivity contribution in [3.8, 4) is 0 Å². The highest BCUT2D eigenvalue weighted by Crippen LogP contribution is 2.19. The molecule has 0 saturated heterocycles. The van der Waals surface area contributed by atoms with Crippen LogP contribution in [0.25, 0.3) is 10.9 Å². The van der Waals surface area contributed by atoms with Crippen molar-refractivity contribution in [2.75, 3.05) is 0 Å². The van der Waals surface area contributed by atoms with Gasteiger partial charge in [-0.05, 0) is 36.1 Å². The lowest BCUT2D eigenvalue weighted by atomic mass is 10.1. The predicted octanol–water partition coefficient (Wildman–Crippen LogP) is 3.90. The number of benzene rings is 2. The van der Waals surface area contributed by atoms with Gasteiger partial charge in [0.2, 0.25) is 0 Å². The summed E-state index contributed by atoms with van der Waals surface area (Å²) in [6.45, 7) is 2.25. The van der Waals surface area contributed by atoms with E-state index in [0.717, 1.165) is 16.6 Å². The number of aryl methyl sites for hydroxylation is 1. The molecule has 1 aromatic heterocycles. The third kappa shape index (κ3) is 2.72. The van der Waals surface area contributed by atoms with Gasteiger partial charge in [-0.2, -0.15) is 0 Å². The Morgan fingerprint density at radius 2 is 1.81 bits per heavy atom. The van der Waals surface area contributed by atoms with Crippen LogP contribution < -0.4 is 0 Å². The number of hydrogen-bond donors (Lipinski definition) is 0. The summed E-state index contributed by atoms with van der Waals surface area (Å²) in [7, 11) is 0. The average Bonchev–Trinajstić information content (AvgIpc) is 2.78. The third-order valence-corrected chi connectivity index (χ3v) is 3.70. The second-order valence-corrected chi connectivity index (χ2v) is 5.24. The molecule has 0 unspecified atom stereocenters. The summed E-state index contributed by atoms with van der Waals surface area (Å²) in [5.74, 6) is -0.315. The van der Waals surface area contributed by atoms with Crippen molar-refractivity contribution in [2.24, 2.45) is 0 Å². The zero-order chi connectivity index (χ0) is 14.8. The van der Waals surface area contributed by atoms with Crippen molar-refractivity contribution in [1.82, 2.24) is 4.57 Å². The van der Waals surface area contributed by atoms with Crippen molar-refractivity contribution in [3.05, 3.63) is 71.7 Å². The van der Waals surface area contributed by atoms with Gasteiger partial charge in [-0.3, -0.25) is 4.79 Å². The summed E-state index contributed by atoms with van der Waals surface area (Å²) in [6.07, 6.45) is 0.124. The van der Waals surface area contributed by atoms with Crippen molar-refractivity contribution < 1.29 is 9.18 Å². The first-order valence-electron chi connectivity index (χ1n) is 6.95. The number of Topliss-reactive ketones (excluding diaryl/α,β-unsaturated/α-hetero) is 1. The van der Waals surface area contributed by atoms with E-state index in [1.165, 1.54) is 6.07 Å². The quantitative estimate of drug-likeness (QED) is 0.711. The molecule has 3 aromatic rings. The summed E-state index contributed by atoms with van der Waals surface area (Å²) < 4.78 is 15.6. The second-order valence-electron chi connectivity index (χ2n) is 5.24. The highest BCUT2D eigenvalue weighted by atomic mass is 19.1. The van der Waals surface area contributed by atoms with Crippen molar-refractivity contribution in [1.29, 1.82) is 0 Å². The molecule has 3 heteroatoms. The topological polar surface area (TPSA) is 22.0 Å². The van der Waals surface area contributed by atoms with E-state index < -0.39 is 0 Å². The van der Waals surface area contributed by atoms with Crippen LogP contribution in [0.15, 0.2) is 54.6 Å². The normalized spacial score (nSPS) is 11.0. The molecule has 0 aliphatic heterocycles. The van der Waals surface area contributed by atoms with Gasteiger partial charge in [-0.15, -0.1) is 0 Å². The van der Waals surface area contributed by atoms with Crippen LogP contribution in [0.3, 0.4) is 0 Å². The zero-order valence-electron chi connectivity index (χ0n) is 11.8. The van der Waals surface area contributed by atoms with Crippen LogP contribution in [-0.4, -0.2) is 10.4 Å². The second kappa shape index (κ2) is 5.52. The monoisotopic (exact) mass is 281 g/mol. The first-order chi connectivity index (χ1) is 10.1. The van der Waals surface area contributed by atoms with Crippen LogP contribution in [0.4, 0.5) is 4.39 Å². The number of carbonyl (C=O) groups excluding carboxylic acids is 1. The van der Waals surface area contributed by atoms with Crippen LogP contribution in [0, 0.1) is 12.7 Å². The Kier molecular flexibility index (Phi) is 3.57. The maximum absolute atomic E-state index is 13.6. The number of ketones is 1. The smallest absolute Gasteiger partial charge is 0.156 e. The minimum atomic E-state index is -0.320. The number of hydrogen-bond acceptors (Lipinski definition) is 1. The lowest BCUT2D eigenvalue weighted by Crippen LogP contribution is -2.14. The fourth-order valence-electron chi connectivity index (χ4n) is 2.64. The van der Waals surface area contributed by atoms with Gasteiger partial charge in [0.1, 0.15) is 5.82 Å². The molecule has 0 spiro atoms. The lowest BCUT2D eigenvalue weighted by Gasteiger charge is -2.08. The lowest BCUT2D eigenvalue weighted by molar-refractivity contribution is -0.119. The van der Waals surface area contributed by atoms with Gasteiger partial charge in [0, 0.05) is 17.6 Å². The highest BCUT2D eigenvalue weighted by Gasteiger charge is 2.11. The van der Waals surface area contributed by atoms with Gasteiger partial charge < -0.3 is 4.57 Å². The molecule has 2 aromatic carbocycles. The van der Waals surface area contributed by atoms with E-state index in [0.29, 0.717) is 5.56 Å². The molecule has 0 radical (unpaired) electrons. The summed E-state index contributed by atoms with van der Waals surface area (Å²) in [5, 5.41) is 1.12. The Balaban J connectivity index is 1.84. The van der Waals surface area contributed by atoms with Crippen molar-refractivity contribution in [2.45, 2.75) is 19.9 Å². The van der Waals surface area contributed by atoms with Crippen LogP contribution in [0.1, 0.15) is 11.3 Å². The molecule has 0 amide bonds. The Hall–Kier alpha value is -2.42. The number of nitrogens with zero attached hydrogens (tertiary/aromatic N) is 1. The van der Waals surface area contributed by atoms with E-state index in [9.17, 15) is 9.18 Å². The van der Waals surface area contributed by atoms with E-state index in [2.05, 4.69) is 6.07 Å². The van der Waals surface area contributed by atoms with Crippen LogP contribution in [-0.2, 0) is 17.8 Å². The Morgan fingerprint density at radius 1 is 1.10 bits per heavy atom. The minimum absolute atomic E-state index is 0.00422. The molecule has 0 atom stereocenters.